The number of likely N-dealkylation sites (tertiary alicyclic amines) is 1. The van der Waals surface area contributed by atoms with E-state index in [2.05, 4.69) is 17.0 Å². The lowest BCUT2D eigenvalue weighted by Gasteiger charge is -2.52. The van der Waals surface area contributed by atoms with Crippen LogP contribution in [0, 0.1) is 17.2 Å². The lowest BCUT2D eigenvalue weighted by molar-refractivity contribution is -0.122. The minimum atomic E-state index is -0.589. The summed E-state index contributed by atoms with van der Waals surface area (Å²) in [5.74, 6) is 1.07. The van der Waals surface area contributed by atoms with Crippen molar-refractivity contribution in [2.24, 2.45) is 5.92 Å². The molecule has 4 heteroatoms. The van der Waals surface area contributed by atoms with Crippen molar-refractivity contribution in [3.8, 4) is 11.8 Å². The molecule has 0 amide bonds. The number of aliphatic hydroxyl groups is 1. The predicted molar refractivity (Wildman–Crippen MR) is 89.1 cm³/mol. The van der Waals surface area contributed by atoms with Gasteiger partial charge in [0.05, 0.1) is 24.8 Å². The van der Waals surface area contributed by atoms with Crippen LogP contribution in [0.4, 0.5) is 0 Å². The topological polar surface area (TPSA) is 56.5 Å². The molecule has 3 rings (SSSR count). The molecule has 3 unspecified atom stereocenters. The quantitative estimate of drug-likeness (QED) is 0.867. The van der Waals surface area contributed by atoms with Gasteiger partial charge in [0, 0.05) is 24.1 Å². The second-order valence-corrected chi connectivity index (χ2v) is 6.75. The maximum atomic E-state index is 11.2. The zero-order chi connectivity index (χ0) is 16.3. The third-order valence-corrected chi connectivity index (χ3v) is 5.48. The van der Waals surface area contributed by atoms with Gasteiger partial charge in [0.15, 0.2) is 0 Å². The summed E-state index contributed by atoms with van der Waals surface area (Å²) in [6, 6.07) is 10.5. The fourth-order valence-corrected chi connectivity index (χ4v) is 4.44. The van der Waals surface area contributed by atoms with Crippen molar-refractivity contribution in [1.29, 1.82) is 5.26 Å². The van der Waals surface area contributed by atoms with Gasteiger partial charge >= 0.3 is 0 Å². The summed E-state index contributed by atoms with van der Waals surface area (Å²) in [7, 11) is 0. The Kier molecular flexibility index (Phi) is 4.89. The average Bonchev–Trinajstić information content (AvgIpc) is 2.56. The van der Waals surface area contributed by atoms with E-state index in [1.165, 1.54) is 0 Å². The predicted octanol–water partition coefficient (Wildman–Crippen LogP) is 3.28. The number of piperidine rings is 1. The van der Waals surface area contributed by atoms with Gasteiger partial charge in [0.1, 0.15) is 5.75 Å². The van der Waals surface area contributed by atoms with Crippen molar-refractivity contribution in [3.63, 3.8) is 0 Å². The molecule has 3 atom stereocenters. The Morgan fingerprint density at radius 2 is 2.17 bits per heavy atom. The largest absolute Gasteiger partial charge is 0.494 e. The number of benzene rings is 1. The molecule has 0 bridgehead atoms. The highest BCUT2D eigenvalue weighted by Gasteiger charge is 2.49. The van der Waals surface area contributed by atoms with Crippen LogP contribution < -0.4 is 4.74 Å². The van der Waals surface area contributed by atoms with Crippen LogP contribution >= 0.6 is 0 Å². The molecular formula is C19H26N2O2. The highest BCUT2D eigenvalue weighted by molar-refractivity contribution is 5.37. The molecule has 1 aromatic rings. The summed E-state index contributed by atoms with van der Waals surface area (Å²) in [6.45, 7) is 3.78. The normalized spacial score (nSPS) is 31.2. The molecule has 0 spiro atoms. The molecule has 124 valence electrons. The third kappa shape index (κ3) is 3.08. The van der Waals surface area contributed by atoms with E-state index in [1.54, 1.807) is 0 Å². The van der Waals surface area contributed by atoms with Gasteiger partial charge in [0.25, 0.3) is 0 Å². The standard InChI is InChI=1S/C19H26N2O2/c1-2-23-17-9-4-3-7-15(17)18-16-8-5-6-10-19(16,22)11-13-21(18)14-12-20/h3-4,7,9,16,18,22H,2,5-6,8,10-11,13-14H2,1H3. The van der Waals surface area contributed by atoms with Crippen molar-refractivity contribution in [1.82, 2.24) is 4.90 Å². The zero-order valence-corrected chi connectivity index (χ0v) is 13.9. The third-order valence-electron chi connectivity index (χ3n) is 5.48. The van der Waals surface area contributed by atoms with E-state index in [9.17, 15) is 10.4 Å². The van der Waals surface area contributed by atoms with Crippen LogP contribution in [0.5, 0.6) is 5.75 Å². The first-order valence-corrected chi connectivity index (χ1v) is 8.74. The molecule has 1 saturated carbocycles. The number of para-hydroxylation sites is 1. The summed E-state index contributed by atoms with van der Waals surface area (Å²) >= 11 is 0. The van der Waals surface area contributed by atoms with E-state index in [1.807, 2.05) is 25.1 Å². The van der Waals surface area contributed by atoms with E-state index in [0.29, 0.717) is 13.2 Å². The monoisotopic (exact) mass is 314 g/mol. The number of hydrogen-bond donors (Lipinski definition) is 1. The first kappa shape index (κ1) is 16.3. The molecule has 4 nitrogen and oxygen atoms in total. The number of rotatable bonds is 4. The Balaban J connectivity index is 2.01. The van der Waals surface area contributed by atoms with Crippen molar-refractivity contribution in [2.45, 2.75) is 50.7 Å². The van der Waals surface area contributed by atoms with Crippen LogP contribution in [-0.2, 0) is 0 Å². The van der Waals surface area contributed by atoms with Crippen LogP contribution in [-0.4, -0.2) is 35.3 Å². The van der Waals surface area contributed by atoms with Gasteiger partial charge in [-0.3, -0.25) is 4.90 Å². The van der Waals surface area contributed by atoms with E-state index < -0.39 is 5.60 Å². The second-order valence-electron chi connectivity index (χ2n) is 6.75. The van der Waals surface area contributed by atoms with Crippen LogP contribution in [0.1, 0.15) is 50.6 Å². The second kappa shape index (κ2) is 6.90. The number of nitriles is 1. The highest BCUT2D eigenvalue weighted by atomic mass is 16.5. The highest BCUT2D eigenvalue weighted by Crippen LogP contribution is 2.50. The maximum absolute atomic E-state index is 11.2. The molecule has 2 aliphatic rings. The van der Waals surface area contributed by atoms with Gasteiger partial charge in [-0.15, -0.1) is 0 Å². The van der Waals surface area contributed by atoms with Gasteiger partial charge in [0.2, 0.25) is 0 Å². The summed E-state index contributed by atoms with van der Waals surface area (Å²) < 4.78 is 5.84. The number of nitrogens with zero attached hydrogens (tertiary/aromatic N) is 2. The fraction of sp³-hybridized carbons (Fsp3) is 0.632. The smallest absolute Gasteiger partial charge is 0.124 e. The maximum Gasteiger partial charge on any atom is 0.124 e. The van der Waals surface area contributed by atoms with E-state index >= 15 is 0 Å². The van der Waals surface area contributed by atoms with Crippen molar-refractivity contribution in [3.05, 3.63) is 29.8 Å². The van der Waals surface area contributed by atoms with Gasteiger partial charge in [-0.1, -0.05) is 31.0 Å². The Labute approximate surface area is 138 Å². The van der Waals surface area contributed by atoms with E-state index in [0.717, 1.165) is 50.0 Å². The molecule has 1 aliphatic carbocycles. The molecule has 1 heterocycles. The molecular weight excluding hydrogens is 288 g/mol. The average molecular weight is 314 g/mol. The van der Waals surface area contributed by atoms with Gasteiger partial charge in [-0.2, -0.15) is 5.26 Å². The molecule has 0 aromatic heterocycles. The first-order valence-electron chi connectivity index (χ1n) is 8.74. The van der Waals surface area contributed by atoms with Crippen molar-refractivity contribution in [2.75, 3.05) is 19.7 Å². The molecule has 1 aliphatic heterocycles. The number of hydrogen-bond acceptors (Lipinski definition) is 4. The first-order chi connectivity index (χ1) is 11.2. The molecule has 1 N–H and O–H groups in total. The van der Waals surface area contributed by atoms with Gasteiger partial charge in [-0.25, -0.2) is 0 Å². The summed E-state index contributed by atoms with van der Waals surface area (Å²) in [6.07, 6.45) is 4.92. The van der Waals surface area contributed by atoms with Crippen LogP contribution in [0.15, 0.2) is 24.3 Å². The number of fused-ring (bicyclic) bond motifs is 1. The number of ether oxygens (including phenoxy) is 1. The van der Waals surface area contributed by atoms with Crippen LogP contribution in [0.3, 0.4) is 0 Å². The fourth-order valence-electron chi connectivity index (χ4n) is 4.44. The Morgan fingerprint density at radius 1 is 1.35 bits per heavy atom. The molecule has 0 radical (unpaired) electrons. The van der Waals surface area contributed by atoms with Gasteiger partial charge in [-0.05, 0) is 32.3 Å². The lowest BCUT2D eigenvalue weighted by atomic mass is 9.66. The Morgan fingerprint density at radius 3 is 2.96 bits per heavy atom. The molecule has 1 aromatic carbocycles. The Bertz CT molecular complexity index is 583. The Hall–Kier alpha value is -1.57. The minimum Gasteiger partial charge on any atom is -0.494 e. The van der Waals surface area contributed by atoms with Crippen LogP contribution in [0.2, 0.25) is 0 Å². The lowest BCUT2D eigenvalue weighted by Crippen LogP contribution is -2.54. The summed E-state index contributed by atoms with van der Waals surface area (Å²) in [5.41, 5.74) is 0.531. The summed E-state index contributed by atoms with van der Waals surface area (Å²) in [4.78, 5) is 2.22. The van der Waals surface area contributed by atoms with Crippen LogP contribution in [0.25, 0.3) is 0 Å². The van der Waals surface area contributed by atoms with Gasteiger partial charge < -0.3 is 9.84 Å². The summed E-state index contributed by atoms with van der Waals surface area (Å²) in [5, 5.41) is 20.4. The SMILES string of the molecule is CCOc1ccccc1C1C2CCCCC2(O)CCN1CC#N. The zero-order valence-electron chi connectivity index (χ0n) is 13.9. The molecule has 2 fully saturated rings. The molecule has 1 saturated heterocycles. The van der Waals surface area contributed by atoms with Crippen molar-refractivity contribution < 1.29 is 9.84 Å². The van der Waals surface area contributed by atoms with E-state index in [4.69, 9.17) is 4.74 Å². The molecule has 23 heavy (non-hydrogen) atoms. The van der Waals surface area contributed by atoms with E-state index in [-0.39, 0.29) is 12.0 Å². The minimum absolute atomic E-state index is 0.0662. The van der Waals surface area contributed by atoms with Crippen molar-refractivity contribution >= 4 is 0 Å².